The van der Waals surface area contributed by atoms with Crippen LogP contribution < -0.4 is 24.8 Å². The summed E-state index contributed by atoms with van der Waals surface area (Å²) in [5, 5.41) is 6.80. The van der Waals surface area contributed by atoms with Crippen molar-refractivity contribution in [2.75, 3.05) is 32.2 Å². The molecule has 2 aromatic rings. The predicted octanol–water partition coefficient (Wildman–Crippen LogP) is 2.59. The van der Waals surface area contributed by atoms with Crippen molar-refractivity contribution < 1.29 is 19.0 Å². The van der Waals surface area contributed by atoms with Crippen LogP contribution in [-0.4, -0.2) is 37.8 Å². The number of carbonyl (C=O) groups is 1. The van der Waals surface area contributed by atoms with Crippen molar-refractivity contribution in [2.45, 2.75) is 20.4 Å². The summed E-state index contributed by atoms with van der Waals surface area (Å²) in [5.74, 6) is 1.82. The first-order valence-electron chi connectivity index (χ1n) is 8.08. The van der Waals surface area contributed by atoms with E-state index in [-0.39, 0.29) is 5.91 Å². The summed E-state index contributed by atoms with van der Waals surface area (Å²) < 4.78 is 16.5. The molecule has 1 amide bonds. The number of hydrogen-bond acceptors (Lipinski definition) is 7. The Morgan fingerprint density at radius 3 is 2.72 bits per heavy atom. The zero-order valence-corrected chi connectivity index (χ0v) is 15.3. The summed E-state index contributed by atoms with van der Waals surface area (Å²) in [6.07, 6.45) is 0. The molecule has 3 rings (SSSR count). The maximum atomic E-state index is 12.5. The minimum absolute atomic E-state index is 0.156. The average Bonchev–Trinajstić information content (AvgIpc) is 2.99. The van der Waals surface area contributed by atoms with Crippen molar-refractivity contribution in [1.82, 2.24) is 10.3 Å². The van der Waals surface area contributed by atoms with E-state index in [2.05, 4.69) is 15.6 Å². The van der Waals surface area contributed by atoms with Gasteiger partial charge in [0, 0.05) is 24.7 Å². The van der Waals surface area contributed by atoms with Gasteiger partial charge in [-0.1, -0.05) is 11.3 Å². The number of fused-ring (bicyclic) bond motifs is 1. The molecule has 0 saturated carbocycles. The van der Waals surface area contributed by atoms with E-state index in [1.807, 2.05) is 19.9 Å². The van der Waals surface area contributed by atoms with Crippen LogP contribution in [0.4, 0.5) is 5.13 Å². The van der Waals surface area contributed by atoms with Gasteiger partial charge in [0.15, 0.2) is 16.6 Å². The SMILES string of the molecule is CCNc1nc(C)c(C(=O)NCc2cc3c(cc2OC)OCCO3)s1. The molecule has 1 aliphatic heterocycles. The van der Waals surface area contributed by atoms with Crippen LogP contribution in [-0.2, 0) is 6.54 Å². The van der Waals surface area contributed by atoms with E-state index in [4.69, 9.17) is 14.2 Å². The quantitative estimate of drug-likeness (QED) is 0.821. The van der Waals surface area contributed by atoms with Gasteiger partial charge in [-0.2, -0.15) is 0 Å². The maximum absolute atomic E-state index is 12.5. The number of hydrogen-bond donors (Lipinski definition) is 2. The minimum atomic E-state index is -0.156. The van der Waals surface area contributed by atoms with Gasteiger partial charge in [0.2, 0.25) is 0 Å². The largest absolute Gasteiger partial charge is 0.496 e. The lowest BCUT2D eigenvalue weighted by molar-refractivity contribution is 0.0954. The fraction of sp³-hybridized carbons (Fsp3) is 0.412. The standard InChI is InChI=1S/C17H21N3O4S/c1-4-18-17-20-10(2)15(25-17)16(21)19-9-11-7-13-14(8-12(11)22-3)24-6-5-23-13/h7-8H,4-6,9H2,1-3H3,(H,18,20)(H,19,21). The molecule has 0 fully saturated rings. The number of nitrogens with one attached hydrogen (secondary N) is 2. The smallest absolute Gasteiger partial charge is 0.263 e. The number of carbonyl (C=O) groups excluding carboxylic acids is 1. The lowest BCUT2D eigenvalue weighted by atomic mass is 10.1. The summed E-state index contributed by atoms with van der Waals surface area (Å²) in [6, 6.07) is 3.63. The summed E-state index contributed by atoms with van der Waals surface area (Å²) in [4.78, 5) is 17.4. The van der Waals surface area contributed by atoms with Gasteiger partial charge in [0.05, 0.1) is 12.8 Å². The van der Waals surface area contributed by atoms with E-state index >= 15 is 0 Å². The minimum Gasteiger partial charge on any atom is -0.496 e. The highest BCUT2D eigenvalue weighted by molar-refractivity contribution is 7.17. The molecule has 2 heterocycles. The molecule has 7 nitrogen and oxygen atoms in total. The fourth-order valence-electron chi connectivity index (χ4n) is 2.53. The molecule has 0 radical (unpaired) electrons. The molecule has 0 unspecified atom stereocenters. The number of ether oxygens (including phenoxy) is 3. The zero-order chi connectivity index (χ0) is 17.8. The number of methoxy groups -OCH3 is 1. The highest BCUT2D eigenvalue weighted by Crippen LogP contribution is 2.36. The van der Waals surface area contributed by atoms with E-state index in [1.54, 1.807) is 13.2 Å². The lowest BCUT2D eigenvalue weighted by Gasteiger charge is -2.20. The monoisotopic (exact) mass is 363 g/mol. The van der Waals surface area contributed by atoms with Crippen LogP contribution in [0.15, 0.2) is 12.1 Å². The number of aromatic nitrogens is 1. The summed E-state index contributed by atoms with van der Waals surface area (Å²) in [7, 11) is 1.59. The van der Waals surface area contributed by atoms with Gasteiger partial charge in [-0.3, -0.25) is 4.79 Å². The maximum Gasteiger partial charge on any atom is 0.263 e. The van der Waals surface area contributed by atoms with Gasteiger partial charge >= 0.3 is 0 Å². The third-order valence-electron chi connectivity index (χ3n) is 3.72. The van der Waals surface area contributed by atoms with Gasteiger partial charge in [-0.25, -0.2) is 4.98 Å². The van der Waals surface area contributed by atoms with Crippen molar-refractivity contribution in [2.24, 2.45) is 0 Å². The lowest BCUT2D eigenvalue weighted by Crippen LogP contribution is -2.23. The van der Waals surface area contributed by atoms with Crippen molar-refractivity contribution in [3.8, 4) is 17.2 Å². The molecule has 0 bridgehead atoms. The first-order valence-corrected chi connectivity index (χ1v) is 8.90. The van der Waals surface area contributed by atoms with E-state index in [0.29, 0.717) is 47.6 Å². The van der Waals surface area contributed by atoms with Crippen LogP contribution in [0.3, 0.4) is 0 Å². The number of benzene rings is 1. The Hall–Kier alpha value is -2.48. The van der Waals surface area contributed by atoms with E-state index < -0.39 is 0 Å². The van der Waals surface area contributed by atoms with Crippen molar-refractivity contribution in [3.05, 3.63) is 28.3 Å². The Labute approximate surface area is 150 Å². The first kappa shape index (κ1) is 17.3. The molecular formula is C17H21N3O4S. The molecule has 25 heavy (non-hydrogen) atoms. The van der Waals surface area contributed by atoms with Crippen LogP contribution in [0.2, 0.25) is 0 Å². The topological polar surface area (TPSA) is 81.7 Å². The molecule has 1 aliphatic rings. The highest BCUT2D eigenvalue weighted by Gasteiger charge is 2.19. The van der Waals surface area contributed by atoms with Gasteiger partial charge in [0.1, 0.15) is 23.8 Å². The first-order chi connectivity index (χ1) is 12.1. The zero-order valence-electron chi connectivity index (χ0n) is 14.5. The molecule has 0 spiro atoms. The molecule has 0 saturated heterocycles. The van der Waals surface area contributed by atoms with Crippen molar-refractivity contribution in [3.63, 3.8) is 0 Å². The second-order valence-electron chi connectivity index (χ2n) is 5.45. The molecule has 0 atom stereocenters. The van der Waals surface area contributed by atoms with Gasteiger partial charge in [-0.15, -0.1) is 0 Å². The van der Waals surface area contributed by atoms with Crippen LogP contribution in [0, 0.1) is 6.92 Å². The molecule has 1 aromatic heterocycles. The number of thiazole rings is 1. The number of rotatable bonds is 6. The van der Waals surface area contributed by atoms with Crippen LogP contribution in [0.5, 0.6) is 17.2 Å². The Balaban J connectivity index is 1.73. The molecule has 8 heteroatoms. The average molecular weight is 363 g/mol. The number of amides is 1. The van der Waals surface area contributed by atoms with Gasteiger partial charge < -0.3 is 24.8 Å². The van der Waals surface area contributed by atoms with E-state index in [1.165, 1.54) is 11.3 Å². The molecule has 134 valence electrons. The fourth-order valence-corrected chi connectivity index (χ4v) is 3.48. The van der Waals surface area contributed by atoms with Crippen LogP contribution in [0.25, 0.3) is 0 Å². The molecular weight excluding hydrogens is 342 g/mol. The van der Waals surface area contributed by atoms with Gasteiger partial charge in [0.25, 0.3) is 5.91 Å². The number of aryl methyl sites for hydroxylation is 1. The number of anilines is 1. The van der Waals surface area contributed by atoms with Crippen LogP contribution >= 0.6 is 11.3 Å². The highest BCUT2D eigenvalue weighted by atomic mass is 32.1. The second kappa shape index (κ2) is 7.60. The molecule has 1 aromatic carbocycles. The summed E-state index contributed by atoms with van der Waals surface area (Å²) >= 11 is 1.35. The number of nitrogens with zero attached hydrogens (tertiary/aromatic N) is 1. The third kappa shape index (κ3) is 3.79. The third-order valence-corrected chi connectivity index (χ3v) is 4.83. The van der Waals surface area contributed by atoms with Gasteiger partial charge in [-0.05, 0) is 19.9 Å². The second-order valence-corrected chi connectivity index (χ2v) is 6.45. The Morgan fingerprint density at radius 2 is 2.04 bits per heavy atom. The Morgan fingerprint density at radius 1 is 1.32 bits per heavy atom. The van der Waals surface area contributed by atoms with E-state index in [9.17, 15) is 4.79 Å². The molecule has 2 N–H and O–H groups in total. The predicted molar refractivity (Wildman–Crippen MR) is 96.2 cm³/mol. The van der Waals surface area contributed by atoms with Crippen LogP contribution in [0.1, 0.15) is 27.9 Å². The van der Waals surface area contributed by atoms with Crippen molar-refractivity contribution >= 4 is 22.4 Å². The Bertz CT molecular complexity index is 775. The summed E-state index contributed by atoms with van der Waals surface area (Å²) in [5.41, 5.74) is 1.54. The molecule has 0 aliphatic carbocycles. The summed E-state index contributed by atoms with van der Waals surface area (Å²) in [6.45, 7) is 5.94. The normalized spacial score (nSPS) is 12.6. The van der Waals surface area contributed by atoms with E-state index in [0.717, 1.165) is 17.2 Å². The van der Waals surface area contributed by atoms with Crippen molar-refractivity contribution in [1.29, 1.82) is 0 Å². The Kier molecular flexibility index (Phi) is 5.28.